The number of benzene rings is 1. The second-order valence-corrected chi connectivity index (χ2v) is 4.99. The molecule has 2 heteroatoms. The van der Waals surface area contributed by atoms with E-state index in [4.69, 9.17) is 4.74 Å². The molecule has 2 aliphatic heterocycles. The van der Waals surface area contributed by atoms with Gasteiger partial charge in [-0.3, -0.25) is 0 Å². The van der Waals surface area contributed by atoms with E-state index in [-0.39, 0.29) is 0 Å². The van der Waals surface area contributed by atoms with E-state index in [0.717, 1.165) is 13.2 Å². The Balaban J connectivity index is 0.000000514. The fourth-order valence-corrected chi connectivity index (χ4v) is 2.60. The van der Waals surface area contributed by atoms with Crippen molar-refractivity contribution in [3.05, 3.63) is 29.8 Å². The molecule has 0 radical (unpaired) electrons. The molecule has 1 aromatic carbocycles. The third kappa shape index (κ3) is 2.47. The van der Waals surface area contributed by atoms with Crippen LogP contribution in [-0.2, 0) is 4.74 Å². The third-order valence-corrected chi connectivity index (χ3v) is 3.64. The highest BCUT2D eigenvalue weighted by atomic mass is 16.5. The maximum atomic E-state index is 5.48. The van der Waals surface area contributed by atoms with Gasteiger partial charge in [-0.15, -0.1) is 0 Å². The van der Waals surface area contributed by atoms with Crippen molar-refractivity contribution in [1.82, 2.24) is 0 Å². The first-order chi connectivity index (χ1) is 8.27. The summed E-state index contributed by atoms with van der Waals surface area (Å²) in [7, 11) is 0. The molecule has 0 atom stereocenters. The molecule has 2 nitrogen and oxygen atoms in total. The summed E-state index contributed by atoms with van der Waals surface area (Å²) in [5.41, 5.74) is 3.18. The van der Waals surface area contributed by atoms with Crippen LogP contribution in [-0.4, -0.2) is 26.3 Å². The van der Waals surface area contributed by atoms with Gasteiger partial charge in [-0.05, 0) is 25.5 Å². The molecule has 2 heterocycles. The van der Waals surface area contributed by atoms with Crippen molar-refractivity contribution >= 4 is 5.69 Å². The zero-order valence-electron chi connectivity index (χ0n) is 11.2. The summed E-state index contributed by atoms with van der Waals surface area (Å²) >= 11 is 0. The van der Waals surface area contributed by atoms with Crippen LogP contribution < -0.4 is 4.90 Å². The van der Waals surface area contributed by atoms with E-state index in [9.17, 15) is 0 Å². The summed E-state index contributed by atoms with van der Waals surface area (Å²) in [5, 5.41) is 0. The maximum Gasteiger partial charge on any atom is 0.0557 e. The molecule has 0 aliphatic carbocycles. The van der Waals surface area contributed by atoms with Crippen molar-refractivity contribution in [2.45, 2.75) is 27.2 Å². The Morgan fingerprint density at radius 1 is 1.12 bits per heavy atom. The molecule has 0 saturated carbocycles. The Kier molecular flexibility index (Phi) is 3.72. The minimum Gasteiger partial charge on any atom is -0.381 e. The van der Waals surface area contributed by atoms with Crippen molar-refractivity contribution in [3.8, 4) is 0 Å². The number of nitrogens with zero attached hydrogens (tertiary/aromatic N) is 1. The van der Waals surface area contributed by atoms with Crippen LogP contribution in [0.2, 0.25) is 0 Å². The number of ether oxygens (including phenoxy) is 1. The van der Waals surface area contributed by atoms with Crippen LogP contribution in [0.25, 0.3) is 0 Å². The normalized spacial score (nSPS) is 20.8. The Hall–Kier alpha value is -1.02. The summed E-state index contributed by atoms with van der Waals surface area (Å²) < 4.78 is 5.48. The van der Waals surface area contributed by atoms with Crippen LogP contribution in [0.5, 0.6) is 0 Å². The second kappa shape index (κ2) is 5.09. The fraction of sp³-hybridized carbons (Fsp3) is 0.600. The van der Waals surface area contributed by atoms with Crippen LogP contribution in [0.4, 0.5) is 5.69 Å². The lowest BCUT2D eigenvalue weighted by Crippen LogP contribution is -2.56. The lowest BCUT2D eigenvalue weighted by Gasteiger charge is -2.48. The van der Waals surface area contributed by atoms with Crippen molar-refractivity contribution in [2.75, 3.05) is 31.2 Å². The molecule has 0 amide bonds. The van der Waals surface area contributed by atoms with E-state index < -0.39 is 0 Å². The van der Waals surface area contributed by atoms with Crippen LogP contribution in [0, 0.1) is 12.3 Å². The van der Waals surface area contributed by atoms with Crippen molar-refractivity contribution < 1.29 is 4.74 Å². The summed E-state index contributed by atoms with van der Waals surface area (Å²) in [6.45, 7) is 10.4. The molecular weight excluding hydrogens is 210 g/mol. The molecule has 0 aromatic heterocycles. The first-order valence-corrected chi connectivity index (χ1v) is 6.67. The highest BCUT2D eigenvalue weighted by Crippen LogP contribution is 2.40. The lowest BCUT2D eigenvalue weighted by atomic mass is 9.79. The van der Waals surface area contributed by atoms with Gasteiger partial charge in [-0.1, -0.05) is 31.5 Å². The van der Waals surface area contributed by atoms with Gasteiger partial charge in [0.2, 0.25) is 0 Å². The highest BCUT2D eigenvalue weighted by Gasteiger charge is 2.45. The topological polar surface area (TPSA) is 12.5 Å². The molecule has 0 bridgehead atoms. The Morgan fingerprint density at radius 2 is 1.76 bits per heavy atom. The Bertz CT molecular complexity index is 344. The quantitative estimate of drug-likeness (QED) is 0.738. The molecule has 1 aromatic rings. The number of anilines is 1. The zero-order valence-corrected chi connectivity index (χ0v) is 11.2. The number of hydrogen-bond donors (Lipinski definition) is 0. The molecule has 94 valence electrons. The maximum absolute atomic E-state index is 5.48. The van der Waals surface area contributed by atoms with E-state index in [2.05, 4.69) is 36.1 Å². The van der Waals surface area contributed by atoms with E-state index >= 15 is 0 Å². The molecular formula is C15H23NO. The SMILES string of the molecule is CC.Cc1ccc(N2CC3(CCOC3)C2)cc1. The van der Waals surface area contributed by atoms with E-state index in [1.54, 1.807) is 0 Å². The average molecular weight is 233 g/mol. The molecule has 17 heavy (non-hydrogen) atoms. The van der Waals surface area contributed by atoms with Crippen molar-refractivity contribution in [2.24, 2.45) is 5.41 Å². The van der Waals surface area contributed by atoms with E-state index in [0.29, 0.717) is 5.41 Å². The monoisotopic (exact) mass is 233 g/mol. The van der Waals surface area contributed by atoms with Crippen LogP contribution in [0.3, 0.4) is 0 Å². The average Bonchev–Trinajstić information content (AvgIpc) is 2.80. The Morgan fingerprint density at radius 3 is 2.29 bits per heavy atom. The molecule has 2 saturated heterocycles. The van der Waals surface area contributed by atoms with Crippen molar-refractivity contribution in [3.63, 3.8) is 0 Å². The van der Waals surface area contributed by atoms with Gasteiger partial charge in [0.05, 0.1) is 6.61 Å². The van der Waals surface area contributed by atoms with Crippen molar-refractivity contribution in [1.29, 1.82) is 0 Å². The van der Waals surface area contributed by atoms with Crippen LogP contribution in [0.15, 0.2) is 24.3 Å². The van der Waals surface area contributed by atoms with E-state index in [1.807, 2.05) is 13.8 Å². The largest absolute Gasteiger partial charge is 0.381 e. The standard InChI is InChI=1S/C13H17NO.C2H6/c1-11-2-4-12(5-3-11)14-8-13(9-14)6-7-15-10-13;1-2/h2-5H,6-10H2,1H3;1-2H3. The van der Waals surface area contributed by atoms with Gasteiger partial charge in [-0.25, -0.2) is 0 Å². The lowest BCUT2D eigenvalue weighted by molar-refractivity contribution is 0.131. The molecule has 2 fully saturated rings. The van der Waals surface area contributed by atoms with Gasteiger partial charge < -0.3 is 9.64 Å². The minimum absolute atomic E-state index is 0.491. The van der Waals surface area contributed by atoms with Gasteiger partial charge in [0.25, 0.3) is 0 Å². The smallest absolute Gasteiger partial charge is 0.0557 e. The molecule has 0 N–H and O–H groups in total. The summed E-state index contributed by atoms with van der Waals surface area (Å²) in [6.07, 6.45) is 1.25. The Labute approximate surface area is 105 Å². The number of aryl methyl sites for hydroxylation is 1. The highest BCUT2D eigenvalue weighted by molar-refractivity contribution is 5.50. The first-order valence-electron chi connectivity index (χ1n) is 6.67. The minimum atomic E-state index is 0.491. The fourth-order valence-electron chi connectivity index (χ4n) is 2.60. The van der Waals surface area contributed by atoms with Crippen LogP contribution in [0.1, 0.15) is 25.8 Å². The van der Waals surface area contributed by atoms with Gasteiger partial charge >= 0.3 is 0 Å². The van der Waals surface area contributed by atoms with E-state index in [1.165, 1.54) is 30.8 Å². The molecule has 0 unspecified atom stereocenters. The predicted molar refractivity (Wildman–Crippen MR) is 72.6 cm³/mol. The number of rotatable bonds is 1. The van der Waals surface area contributed by atoms with Crippen LogP contribution >= 0.6 is 0 Å². The molecule has 1 spiro atoms. The van der Waals surface area contributed by atoms with Gasteiger partial charge in [0.1, 0.15) is 0 Å². The molecule has 2 aliphatic rings. The summed E-state index contributed by atoms with van der Waals surface area (Å²) in [5.74, 6) is 0. The van der Waals surface area contributed by atoms with Gasteiger partial charge in [-0.2, -0.15) is 0 Å². The zero-order chi connectivity index (χ0) is 12.3. The first kappa shape index (κ1) is 12.4. The second-order valence-electron chi connectivity index (χ2n) is 4.99. The summed E-state index contributed by atoms with van der Waals surface area (Å²) in [4.78, 5) is 2.45. The number of hydrogen-bond acceptors (Lipinski definition) is 2. The van der Waals surface area contributed by atoms with Gasteiger partial charge in [0, 0.05) is 30.8 Å². The molecule has 3 rings (SSSR count). The van der Waals surface area contributed by atoms with Gasteiger partial charge in [0.15, 0.2) is 0 Å². The third-order valence-electron chi connectivity index (χ3n) is 3.64. The predicted octanol–water partition coefficient (Wildman–Crippen LogP) is 3.25. The summed E-state index contributed by atoms with van der Waals surface area (Å²) in [6, 6.07) is 8.81.